The van der Waals surface area contributed by atoms with Gasteiger partial charge in [-0.2, -0.15) is 0 Å². The number of rotatable bonds is 6. The second-order valence-electron chi connectivity index (χ2n) is 6.28. The summed E-state index contributed by atoms with van der Waals surface area (Å²) in [6.07, 6.45) is 5.51. The van der Waals surface area contributed by atoms with E-state index < -0.39 is 0 Å². The minimum atomic E-state index is 0.757. The quantitative estimate of drug-likeness (QED) is 0.841. The molecule has 1 aliphatic rings. The van der Waals surface area contributed by atoms with E-state index in [1.807, 2.05) is 0 Å². The van der Waals surface area contributed by atoms with Gasteiger partial charge in [0.05, 0.1) is 0 Å². The monoisotopic (exact) mass is 338 g/mol. The summed E-state index contributed by atoms with van der Waals surface area (Å²) in [5, 5.41) is 3.72. The second kappa shape index (κ2) is 8.16. The Labute approximate surface area is 132 Å². The van der Waals surface area contributed by atoms with Gasteiger partial charge >= 0.3 is 0 Å². The molecule has 0 aliphatic heterocycles. The van der Waals surface area contributed by atoms with E-state index in [1.54, 1.807) is 0 Å². The van der Waals surface area contributed by atoms with Crippen LogP contribution in [0.15, 0.2) is 28.7 Å². The van der Waals surface area contributed by atoms with Crippen molar-refractivity contribution in [2.45, 2.75) is 45.2 Å². The third-order valence-corrected chi connectivity index (χ3v) is 4.84. The van der Waals surface area contributed by atoms with Crippen molar-refractivity contribution in [2.24, 2.45) is 5.92 Å². The Morgan fingerprint density at radius 1 is 1.15 bits per heavy atom. The molecule has 0 spiro atoms. The molecule has 20 heavy (non-hydrogen) atoms. The van der Waals surface area contributed by atoms with Gasteiger partial charge in [-0.3, -0.25) is 0 Å². The van der Waals surface area contributed by atoms with E-state index in [0.29, 0.717) is 0 Å². The highest BCUT2D eigenvalue weighted by atomic mass is 79.9. The number of benzene rings is 1. The summed E-state index contributed by atoms with van der Waals surface area (Å²) >= 11 is 3.48. The van der Waals surface area contributed by atoms with Crippen LogP contribution < -0.4 is 5.32 Å². The van der Waals surface area contributed by atoms with Gasteiger partial charge in [0.2, 0.25) is 0 Å². The van der Waals surface area contributed by atoms with Gasteiger partial charge in [-0.25, -0.2) is 0 Å². The zero-order valence-electron chi connectivity index (χ0n) is 12.7. The maximum absolute atomic E-state index is 3.72. The SMILES string of the molecule is CC1CCC(NCCN(C)Cc2ccc(Br)cc2)CC1. The van der Waals surface area contributed by atoms with Crippen molar-refractivity contribution in [1.29, 1.82) is 0 Å². The number of likely N-dealkylation sites (N-methyl/N-ethyl adjacent to an activating group) is 1. The summed E-state index contributed by atoms with van der Waals surface area (Å²) in [5.41, 5.74) is 1.38. The average molecular weight is 339 g/mol. The fraction of sp³-hybridized carbons (Fsp3) is 0.647. The normalized spacial score (nSPS) is 23.2. The van der Waals surface area contributed by atoms with Crippen LogP contribution >= 0.6 is 15.9 Å². The highest BCUT2D eigenvalue weighted by molar-refractivity contribution is 9.10. The topological polar surface area (TPSA) is 15.3 Å². The molecule has 0 aromatic heterocycles. The molecule has 2 nitrogen and oxygen atoms in total. The van der Waals surface area contributed by atoms with Crippen molar-refractivity contribution in [3.05, 3.63) is 34.3 Å². The molecule has 0 saturated heterocycles. The van der Waals surface area contributed by atoms with Gasteiger partial charge in [-0.15, -0.1) is 0 Å². The van der Waals surface area contributed by atoms with Crippen LogP contribution in [0.5, 0.6) is 0 Å². The largest absolute Gasteiger partial charge is 0.313 e. The number of nitrogens with zero attached hydrogens (tertiary/aromatic N) is 1. The highest BCUT2D eigenvalue weighted by Crippen LogP contribution is 2.23. The third-order valence-electron chi connectivity index (χ3n) is 4.31. The van der Waals surface area contributed by atoms with Crippen LogP contribution in [-0.4, -0.2) is 31.1 Å². The average Bonchev–Trinajstić information content (AvgIpc) is 2.44. The van der Waals surface area contributed by atoms with Gasteiger partial charge in [0.25, 0.3) is 0 Å². The van der Waals surface area contributed by atoms with Crippen LogP contribution in [0.3, 0.4) is 0 Å². The van der Waals surface area contributed by atoms with Gasteiger partial charge in [0, 0.05) is 30.1 Å². The molecule has 0 bridgehead atoms. The van der Waals surface area contributed by atoms with E-state index in [4.69, 9.17) is 0 Å². The fourth-order valence-electron chi connectivity index (χ4n) is 2.90. The van der Waals surface area contributed by atoms with Crippen LogP contribution in [0, 0.1) is 5.92 Å². The molecule has 0 heterocycles. The number of hydrogen-bond donors (Lipinski definition) is 1. The Balaban J connectivity index is 1.62. The van der Waals surface area contributed by atoms with E-state index in [0.717, 1.165) is 36.1 Å². The molecule has 1 aromatic carbocycles. The van der Waals surface area contributed by atoms with Gasteiger partial charge in [-0.05, 0) is 56.3 Å². The summed E-state index contributed by atoms with van der Waals surface area (Å²) in [4.78, 5) is 2.39. The summed E-state index contributed by atoms with van der Waals surface area (Å²) in [7, 11) is 2.20. The molecule has 112 valence electrons. The Hall–Kier alpha value is -0.380. The molecule has 1 aromatic rings. The van der Waals surface area contributed by atoms with E-state index in [-0.39, 0.29) is 0 Å². The predicted molar refractivity (Wildman–Crippen MR) is 89.9 cm³/mol. The lowest BCUT2D eigenvalue weighted by Gasteiger charge is -2.28. The third kappa shape index (κ3) is 5.55. The minimum Gasteiger partial charge on any atom is -0.313 e. The maximum atomic E-state index is 3.72. The Morgan fingerprint density at radius 2 is 1.80 bits per heavy atom. The van der Waals surface area contributed by atoms with Gasteiger partial charge < -0.3 is 10.2 Å². The molecule has 1 N–H and O–H groups in total. The zero-order valence-corrected chi connectivity index (χ0v) is 14.3. The standard InChI is InChI=1S/C17H27BrN2/c1-14-3-9-17(10-4-14)19-11-12-20(2)13-15-5-7-16(18)8-6-15/h5-8,14,17,19H,3-4,9-13H2,1-2H3. The van der Waals surface area contributed by atoms with E-state index in [9.17, 15) is 0 Å². The van der Waals surface area contributed by atoms with Crippen LogP contribution in [0.1, 0.15) is 38.2 Å². The lowest BCUT2D eigenvalue weighted by atomic mass is 9.87. The Bertz CT molecular complexity index is 382. The minimum absolute atomic E-state index is 0.757. The van der Waals surface area contributed by atoms with Crippen LogP contribution in [0.25, 0.3) is 0 Å². The number of nitrogens with one attached hydrogen (secondary N) is 1. The second-order valence-corrected chi connectivity index (χ2v) is 7.19. The van der Waals surface area contributed by atoms with Crippen LogP contribution in [0.2, 0.25) is 0 Å². The highest BCUT2D eigenvalue weighted by Gasteiger charge is 2.17. The van der Waals surface area contributed by atoms with Gasteiger partial charge in [0.1, 0.15) is 0 Å². The van der Waals surface area contributed by atoms with E-state index in [1.165, 1.54) is 31.2 Å². The molecular weight excluding hydrogens is 312 g/mol. The molecule has 0 amide bonds. The molecular formula is C17H27BrN2. The molecule has 1 aliphatic carbocycles. The van der Waals surface area contributed by atoms with Crippen molar-refractivity contribution in [3.8, 4) is 0 Å². The summed E-state index contributed by atoms with van der Waals surface area (Å²) in [6, 6.07) is 9.37. The van der Waals surface area contributed by atoms with E-state index in [2.05, 4.69) is 64.4 Å². The van der Waals surface area contributed by atoms with Crippen LogP contribution in [-0.2, 0) is 6.54 Å². The number of halogens is 1. The van der Waals surface area contributed by atoms with Crippen molar-refractivity contribution in [3.63, 3.8) is 0 Å². The van der Waals surface area contributed by atoms with Gasteiger partial charge in [0.15, 0.2) is 0 Å². The summed E-state index contributed by atoms with van der Waals surface area (Å²) < 4.78 is 1.15. The smallest absolute Gasteiger partial charge is 0.0231 e. The maximum Gasteiger partial charge on any atom is 0.0231 e. The fourth-order valence-corrected chi connectivity index (χ4v) is 3.17. The first-order valence-corrected chi connectivity index (χ1v) is 8.59. The van der Waals surface area contributed by atoms with E-state index >= 15 is 0 Å². The Kier molecular flexibility index (Phi) is 6.53. The van der Waals surface area contributed by atoms with Crippen molar-refractivity contribution in [2.75, 3.05) is 20.1 Å². The van der Waals surface area contributed by atoms with Crippen molar-refractivity contribution < 1.29 is 0 Å². The predicted octanol–water partition coefficient (Wildman–Crippen LogP) is 4.05. The first kappa shape index (κ1) is 16.0. The lowest BCUT2D eigenvalue weighted by molar-refractivity contribution is 0.279. The molecule has 1 fully saturated rings. The first-order chi connectivity index (χ1) is 9.63. The first-order valence-electron chi connectivity index (χ1n) is 7.80. The van der Waals surface area contributed by atoms with Crippen molar-refractivity contribution in [1.82, 2.24) is 10.2 Å². The van der Waals surface area contributed by atoms with Crippen LogP contribution in [0.4, 0.5) is 0 Å². The Morgan fingerprint density at radius 3 is 2.45 bits per heavy atom. The summed E-state index contributed by atoms with van der Waals surface area (Å²) in [5.74, 6) is 0.938. The molecule has 0 radical (unpaired) electrons. The van der Waals surface area contributed by atoms with Gasteiger partial charge in [-0.1, -0.05) is 35.0 Å². The molecule has 2 rings (SSSR count). The van der Waals surface area contributed by atoms with Crippen molar-refractivity contribution >= 4 is 15.9 Å². The zero-order chi connectivity index (χ0) is 14.4. The molecule has 0 unspecified atom stereocenters. The molecule has 0 atom stereocenters. The molecule has 3 heteroatoms. The molecule has 1 saturated carbocycles. The lowest BCUT2D eigenvalue weighted by Crippen LogP contribution is -2.37. The number of hydrogen-bond acceptors (Lipinski definition) is 2. The summed E-state index contributed by atoms with van der Waals surface area (Å²) in [6.45, 7) is 5.62.